The first kappa shape index (κ1) is 9.33. The Morgan fingerprint density at radius 3 is 2.75 bits per heavy atom. The van der Waals surface area contributed by atoms with E-state index in [1.54, 1.807) is 6.26 Å². The summed E-state index contributed by atoms with van der Waals surface area (Å²) in [4.78, 5) is 2.12. The molecule has 2 heteroatoms. The second-order valence-corrected chi connectivity index (χ2v) is 3.36. The van der Waals surface area contributed by atoms with E-state index in [0.29, 0.717) is 0 Å². The maximum Gasteiger partial charge on any atom is 0.120 e. The molecule has 0 unspecified atom stereocenters. The van der Waals surface area contributed by atoms with Gasteiger partial charge in [-0.3, -0.25) is 0 Å². The van der Waals surface area contributed by atoms with E-state index < -0.39 is 0 Å². The molecule has 0 aliphatic rings. The normalized spacial score (nSPS) is 11.0. The molecule has 1 aromatic heterocycles. The van der Waals surface area contributed by atoms with Crippen LogP contribution in [0.2, 0.25) is 0 Å². The molecule has 0 saturated carbocycles. The van der Waals surface area contributed by atoms with Crippen molar-refractivity contribution in [2.75, 3.05) is 14.1 Å². The molecule has 0 radical (unpaired) electrons. The molecule has 68 valence electrons. The van der Waals surface area contributed by atoms with Gasteiger partial charge in [0.1, 0.15) is 5.76 Å². The van der Waals surface area contributed by atoms with Crippen molar-refractivity contribution in [3.8, 4) is 0 Å². The van der Waals surface area contributed by atoms with Gasteiger partial charge in [-0.05, 0) is 32.1 Å². The Labute approximate surface area is 74.2 Å². The van der Waals surface area contributed by atoms with Crippen LogP contribution in [0.5, 0.6) is 0 Å². The SMILES string of the molecule is CCCc1ccoc1CN(C)C. The van der Waals surface area contributed by atoms with Gasteiger partial charge in [-0.25, -0.2) is 0 Å². The van der Waals surface area contributed by atoms with Crippen molar-refractivity contribution in [3.63, 3.8) is 0 Å². The van der Waals surface area contributed by atoms with Crippen molar-refractivity contribution in [2.24, 2.45) is 0 Å². The fraction of sp³-hybridized carbons (Fsp3) is 0.600. The molecule has 1 heterocycles. The predicted octanol–water partition coefficient (Wildman–Crippen LogP) is 2.29. The first-order chi connectivity index (χ1) is 5.74. The molecule has 1 rings (SSSR count). The van der Waals surface area contributed by atoms with Crippen LogP contribution in [0.4, 0.5) is 0 Å². The van der Waals surface area contributed by atoms with E-state index in [9.17, 15) is 0 Å². The zero-order valence-corrected chi connectivity index (χ0v) is 8.13. The molecule has 0 aliphatic heterocycles. The van der Waals surface area contributed by atoms with Gasteiger partial charge in [-0.1, -0.05) is 13.3 Å². The Hall–Kier alpha value is -0.760. The maximum absolute atomic E-state index is 5.39. The van der Waals surface area contributed by atoms with E-state index in [2.05, 4.69) is 32.0 Å². The van der Waals surface area contributed by atoms with Crippen molar-refractivity contribution in [1.82, 2.24) is 4.90 Å². The van der Waals surface area contributed by atoms with E-state index in [-0.39, 0.29) is 0 Å². The number of hydrogen-bond acceptors (Lipinski definition) is 2. The first-order valence-electron chi connectivity index (χ1n) is 4.44. The Bertz CT molecular complexity index is 227. The van der Waals surface area contributed by atoms with Crippen LogP contribution in [0.15, 0.2) is 16.7 Å². The number of rotatable bonds is 4. The van der Waals surface area contributed by atoms with Crippen LogP contribution in [0, 0.1) is 0 Å². The standard InChI is InChI=1S/C10H17NO/c1-4-5-9-6-7-12-10(9)8-11(2)3/h6-7H,4-5,8H2,1-3H3. The second-order valence-electron chi connectivity index (χ2n) is 3.36. The van der Waals surface area contributed by atoms with Gasteiger partial charge >= 0.3 is 0 Å². The third-order valence-corrected chi connectivity index (χ3v) is 1.82. The molecule has 12 heavy (non-hydrogen) atoms. The fourth-order valence-electron chi connectivity index (χ4n) is 1.29. The van der Waals surface area contributed by atoms with E-state index in [1.807, 2.05) is 0 Å². The number of nitrogens with zero attached hydrogens (tertiary/aromatic N) is 1. The van der Waals surface area contributed by atoms with Gasteiger partial charge in [0.05, 0.1) is 12.8 Å². The summed E-state index contributed by atoms with van der Waals surface area (Å²) >= 11 is 0. The maximum atomic E-state index is 5.39. The topological polar surface area (TPSA) is 16.4 Å². The second kappa shape index (κ2) is 4.31. The van der Waals surface area contributed by atoms with Crippen LogP contribution in [0.25, 0.3) is 0 Å². The number of aryl methyl sites for hydroxylation is 1. The fourth-order valence-corrected chi connectivity index (χ4v) is 1.29. The van der Waals surface area contributed by atoms with E-state index in [4.69, 9.17) is 4.42 Å². The molecular formula is C10H17NO. The number of furan rings is 1. The summed E-state index contributed by atoms with van der Waals surface area (Å²) in [7, 11) is 4.11. The molecule has 2 nitrogen and oxygen atoms in total. The largest absolute Gasteiger partial charge is 0.468 e. The average Bonchev–Trinajstić information content (AvgIpc) is 2.37. The van der Waals surface area contributed by atoms with Crippen LogP contribution in [0.1, 0.15) is 24.7 Å². The van der Waals surface area contributed by atoms with Gasteiger partial charge in [0.25, 0.3) is 0 Å². The van der Waals surface area contributed by atoms with Gasteiger partial charge in [-0.2, -0.15) is 0 Å². The van der Waals surface area contributed by atoms with Gasteiger partial charge in [0, 0.05) is 0 Å². The highest BCUT2D eigenvalue weighted by atomic mass is 16.3. The highest BCUT2D eigenvalue weighted by Crippen LogP contribution is 2.13. The molecule has 0 spiro atoms. The lowest BCUT2D eigenvalue weighted by molar-refractivity contribution is 0.348. The quantitative estimate of drug-likeness (QED) is 0.684. The Morgan fingerprint density at radius 1 is 1.42 bits per heavy atom. The molecule has 0 aliphatic carbocycles. The third-order valence-electron chi connectivity index (χ3n) is 1.82. The van der Waals surface area contributed by atoms with Gasteiger partial charge in [0.15, 0.2) is 0 Å². The molecule has 0 atom stereocenters. The van der Waals surface area contributed by atoms with Gasteiger partial charge in [-0.15, -0.1) is 0 Å². The van der Waals surface area contributed by atoms with Gasteiger partial charge in [0.2, 0.25) is 0 Å². The van der Waals surface area contributed by atoms with Crippen LogP contribution in [-0.4, -0.2) is 19.0 Å². The molecule has 0 saturated heterocycles. The lowest BCUT2D eigenvalue weighted by atomic mass is 10.1. The molecule has 1 aromatic rings. The monoisotopic (exact) mass is 167 g/mol. The number of hydrogen-bond donors (Lipinski definition) is 0. The van der Waals surface area contributed by atoms with Crippen LogP contribution < -0.4 is 0 Å². The summed E-state index contributed by atoms with van der Waals surface area (Å²) in [5, 5.41) is 0. The first-order valence-corrected chi connectivity index (χ1v) is 4.44. The zero-order chi connectivity index (χ0) is 8.97. The van der Waals surface area contributed by atoms with Crippen molar-refractivity contribution >= 4 is 0 Å². The lowest BCUT2D eigenvalue weighted by Gasteiger charge is -2.08. The molecular weight excluding hydrogens is 150 g/mol. The Balaban J connectivity index is 2.63. The molecule has 0 amide bonds. The molecule has 0 aromatic carbocycles. The Morgan fingerprint density at radius 2 is 2.17 bits per heavy atom. The third kappa shape index (κ3) is 2.38. The van der Waals surface area contributed by atoms with E-state index in [0.717, 1.165) is 18.7 Å². The van der Waals surface area contributed by atoms with Crippen LogP contribution in [0.3, 0.4) is 0 Å². The summed E-state index contributed by atoms with van der Waals surface area (Å²) in [6.07, 6.45) is 4.09. The lowest BCUT2D eigenvalue weighted by Crippen LogP contribution is -2.11. The highest BCUT2D eigenvalue weighted by Gasteiger charge is 2.05. The van der Waals surface area contributed by atoms with Crippen molar-refractivity contribution in [2.45, 2.75) is 26.3 Å². The molecule has 0 fully saturated rings. The zero-order valence-electron chi connectivity index (χ0n) is 8.13. The molecule has 0 bridgehead atoms. The highest BCUT2D eigenvalue weighted by molar-refractivity contribution is 5.16. The summed E-state index contributed by atoms with van der Waals surface area (Å²) < 4.78 is 5.39. The minimum atomic E-state index is 0.905. The minimum absolute atomic E-state index is 0.905. The summed E-state index contributed by atoms with van der Waals surface area (Å²) in [5.74, 6) is 1.11. The van der Waals surface area contributed by atoms with Crippen molar-refractivity contribution in [3.05, 3.63) is 23.7 Å². The van der Waals surface area contributed by atoms with E-state index >= 15 is 0 Å². The predicted molar refractivity (Wildman–Crippen MR) is 50.1 cm³/mol. The average molecular weight is 167 g/mol. The smallest absolute Gasteiger partial charge is 0.120 e. The minimum Gasteiger partial charge on any atom is -0.468 e. The Kier molecular flexibility index (Phi) is 3.35. The van der Waals surface area contributed by atoms with E-state index in [1.165, 1.54) is 12.0 Å². The summed E-state index contributed by atoms with van der Waals surface area (Å²) in [6.45, 7) is 3.09. The van der Waals surface area contributed by atoms with Crippen LogP contribution >= 0.6 is 0 Å². The molecule has 0 N–H and O–H groups in total. The van der Waals surface area contributed by atoms with Crippen LogP contribution in [-0.2, 0) is 13.0 Å². The van der Waals surface area contributed by atoms with Crippen molar-refractivity contribution in [1.29, 1.82) is 0 Å². The van der Waals surface area contributed by atoms with Gasteiger partial charge < -0.3 is 9.32 Å². The summed E-state index contributed by atoms with van der Waals surface area (Å²) in [6, 6.07) is 2.07. The van der Waals surface area contributed by atoms with Crippen molar-refractivity contribution < 1.29 is 4.42 Å². The summed E-state index contributed by atoms with van der Waals surface area (Å²) in [5.41, 5.74) is 1.35.